The first-order valence-electron chi connectivity index (χ1n) is 5.80. The van der Waals surface area contributed by atoms with Crippen molar-refractivity contribution >= 4 is 10.9 Å². The Balaban J connectivity index is 1.87. The summed E-state index contributed by atoms with van der Waals surface area (Å²) < 4.78 is 5.70. The summed E-state index contributed by atoms with van der Waals surface area (Å²) in [6.45, 7) is 4.46. The Morgan fingerprint density at radius 3 is 2.72 bits per heavy atom. The van der Waals surface area contributed by atoms with E-state index in [1.807, 2.05) is 48.5 Å². The van der Waals surface area contributed by atoms with Crippen LogP contribution in [0.1, 0.15) is 11.3 Å². The maximum absolute atomic E-state index is 5.70. The zero-order valence-corrected chi connectivity index (χ0v) is 9.89. The SMILES string of the molecule is [CH2]c1cccc2[nH]nc(COc3ccccc3)c12. The van der Waals surface area contributed by atoms with Crippen molar-refractivity contribution in [2.75, 3.05) is 0 Å². The molecule has 0 amide bonds. The summed E-state index contributed by atoms with van der Waals surface area (Å²) in [5, 5.41) is 8.33. The second kappa shape index (κ2) is 4.53. The normalized spacial score (nSPS) is 10.7. The van der Waals surface area contributed by atoms with E-state index >= 15 is 0 Å². The number of aromatic nitrogens is 2. The molecular weight excluding hydrogens is 224 g/mol. The molecule has 0 spiro atoms. The fourth-order valence-electron chi connectivity index (χ4n) is 1.99. The molecular formula is C15H13N2O. The van der Waals surface area contributed by atoms with Gasteiger partial charge in [0, 0.05) is 5.39 Å². The molecule has 0 aliphatic carbocycles. The third-order valence-electron chi connectivity index (χ3n) is 2.87. The van der Waals surface area contributed by atoms with Crippen molar-refractivity contribution in [3.8, 4) is 5.75 Å². The average Bonchev–Trinajstić information content (AvgIpc) is 2.82. The molecule has 0 fully saturated rings. The van der Waals surface area contributed by atoms with Gasteiger partial charge < -0.3 is 4.74 Å². The van der Waals surface area contributed by atoms with Gasteiger partial charge in [-0.25, -0.2) is 0 Å². The lowest BCUT2D eigenvalue weighted by molar-refractivity contribution is 0.302. The zero-order valence-electron chi connectivity index (χ0n) is 9.89. The van der Waals surface area contributed by atoms with E-state index in [4.69, 9.17) is 4.74 Å². The molecule has 2 aromatic carbocycles. The predicted molar refractivity (Wildman–Crippen MR) is 71.3 cm³/mol. The highest BCUT2D eigenvalue weighted by atomic mass is 16.5. The topological polar surface area (TPSA) is 37.9 Å². The van der Waals surface area contributed by atoms with Crippen LogP contribution in [-0.2, 0) is 6.61 Å². The van der Waals surface area contributed by atoms with E-state index in [1.165, 1.54) is 0 Å². The average molecular weight is 237 g/mol. The van der Waals surface area contributed by atoms with Crippen molar-refractivity contribution in [3.63, 3.8) is 0 Å². The van der Waals surface area contributed by atoms with Crippen LogP contribution < -0.4 is 4.74 Å². The van der Waals surface area contributed by atoms with Crippen molar-refractivity contribution in [1.82, 2.24) is 10.2 Å². The zero-order chi connectivity index (χ0) is 12.4. The third-order valence-corrected chi connectivity index (χ3v) is 2.87. The molecule has 3 nitrogen and oxygen atoms in total. The Morgan fingerprint density at radius 2 is 1.89 bits per heavy atom. The number of H-pyrrole nitrogens is 1. The maximum Gasteiger partial charge on any atom is 0.133 e. The lowest BCUT2D eigenvalue weighted by atomic mass is 10.1. The highest BCUT2D eigenvalue weighted by Gasteiger charge is 2.08. The van der Waals surface area contributed by atoms with Crippen LogP contribution in [-0.4, -0.2) is 10.2 Å². The van der Waals surface area contributed by atoms with E-state index in [-0.39, 0.29) is 0 Å². The van der Waals surface area contributed by atoms with Crippen molar-refractivity contribution in [2.24, 2.45) is 0 Å². The van der Waals surface area contributed by atoms with Gasteiger partial charge in [0.2, 0.25) is 0 Å². The number of para-hydroxylation sites is 1. The minimum atomic E-state index is 0.441. The number of fused-ring (bicyclic) bond motifs is 1. The number of hydrogen-bond donors (Lipinski definition) is 1. The Morgan fingerprint density at radius 1 is 1.06 bits per heavy atom. The second-order valence-electron chi connectivity index (χ2n) is 4.11. The summed E-state index contributed by atoms with van der Waals surface area (Å²) in [6, 6.07) is 15.7. The highest BCUT2D eigenvalue weighted by Crippen LogP contribution is 2.21. The van der Waals surface area contributed by atoms with Gasteiger partial charge in [-0.15, -0.1) is 0 Å². The number of ether oxygens (including phenoxy) is 1. The van der Waals surface area contributed by atoms with Crippen LogP contribution in [0.15, 0.2) is 48.5 Å². The molecule has 0 atom stereocenters. The minimum Gasteiger partial charge on any atom is -0.487 e. The van der Waals surface area contributed by atoms with Gasteiger partial charge >= 0.3 is 0 Å². The summed E-state index contributed by atoms with van der Waals surface area (Å²) in [5.41, 5.74) is 2.85. The molecule has 1 radical (unpaired) electrons. The third kappa shape index (κ3) is 1.95. The molecule has 0 aliphatic heterocycles. The second-order valence-corrected chi connectivity index (χ2v) is 4.11. The Hall–Kier alpha value is -2.29. The summed E-state index contributed by atoms with van der Waals surface area (Å²) in [4.78, 5) is 0. The number of nitrogens with one attached hydrogen (secondary N) is 1. The molecule has 3 aromatic rings. The molecule has 0 aliphatic rings. The number of nitrogens with zero attached hydrogens (tertiary/aromatic N) is 1. The number of aromatic amines is 1. The first kappa shape index (κ1) is 10.8. The molecule has 0 saturated carbocycles. The van der Waals surface area contributed by atoms with Crippen LogP contribution in [0.3, 0.4) is 0 Å². The van der Waals surface area contributed by atoms with Crippen molar-refractivity contribution in [1.29, 1.82) is 0 Å². The van der Waals surface area contributed by atoms with E-state index in [2.05, 4.69) is 17.1 Å². The van der Waals surface area contributed by atoms with Gasteiger partial charge in [0.15, 0.2) is 0 Å². The molecule has 0 unspecified atom stereocenters. The summed E-state index contributed by atoms with van der Waals surface area (Å²) in [5.74, 6) is 0.843. The van der Waals surface area contributed by atoms with Crippen LogP contribution in [0.25, 0.3) is 10.9 Å². The van der Waals surface area contributed by atoms with E-state index in [0.717, 1.165) is 27.9 Å². The fourth-order valence-corrected chi connectivity index (χ4v) is 1.99. The predicted octanol–water partition coefficient (Wildman–Crippen LogP) is 3.32. The van der Waals surface area contributed by atoms with Gasteiger partial charge in [-0.05, 0) is 30.7 Å². The highest BCUT2D eigenvalue weighted by molar-refractivity contribution is 5.85. The smallest absolute Gasteiger partial charge is 0.133 e. The van der Waals surface area contributed by atoms with Gasteiger partial charge in [-0.3, -0.25) is 5.10 Å². The number of hydrogen-bond acceptors (Lipinski definition) is 2. The van der Waals surface area contributed by atoms with Crippen molar-refractivity contribution in [2.45, 2.75) is 6.61 Å². The molecule has 89 valence electrons. The van der Waals surface area contributed by atoms with Crippen molar-refractivity contribution < 1.29 is 4.74 Å². The van der Waals surface area contributed by atoms with Gasteiger partial charge in [-0.1, -0.05) is 30.3 Å². The van der Waals surface area contributed by atoms with Crippen LogP contribution in [0, 0.1) is 6.92 Å². The van der Waals surface area contributed by atoms with Gasteiger partial charge in [-0.2, -0.15) is 5.10 Å². The van der Waals surface area contributed by atoms with Crippen LogP contribution in [0.2, 0.25) is 0 Å². The van der Waals surface area contributed by atoms with Gasteiger partial charge in [0.25, 0.3) is 0 Å². The molecule has 3 rings (SSSR count). The molecule has 18 heavy (non-hydrogen) atoms. The number of rotatable bonds is 3. The first-order valence-corrected chi connectivity index (χ1v) is 5.80. The van der Waals surface area contributed by atoms with Gasteiger partial charge in [0.05, 0.1) is 5.52 Å². The Bertz CT molecular complexity index is 659. The molecule has 0 bridgehead atoms. The minimum absolute atomic E-state index is 0.441. The molecule has 1 N–H and O–H groups in total. The maximum atomic E-state index is 5.70. The van der Waals surface area contributed by atoms with Crippen molar-refractivity contribution in [3.05, 3.63) is 66.7 Å². The molecule has 3 heteroatoms. The van der Waals surface area contributed by atoms with E-state index in [1.54, 1.807) is 0 Å². The van der Waals surface area contributed by atoms with E-state index < -0.39 is 0 Å². The quantitative estimate of drug-likeness (QED) is 0.758. The summed E-state index contributed by atoms with van der Waals surface area (Å²) >= 11 is 0. The molecule has 1 heterocycles. The summed E-state index contributed by atoms with van der Waals surface area (Å²) in [7, 11) is 0. The Kier molecular flexibility index (Phi) is 2.73. The van der Waals surface area contributed by atoms with Crippen LogP contribution >= 0.6 is 0 Å². The molecule has 0 saturated heterocycles. The van der Waals surface area contributed by atoms with E-state index in [9.17, 15) is 0 Å². The lowest BCUT2D eigenvalue weighted by Crippen LogP contribution is -1.96. The van der Waals surface area contributed by atoms with E-state index in [0.29, 0.717) is 6.61 Å². The monoisotopic (exact) mass is 237 g/mol. The van der Waals surface area contributed by atoms with Crippen LogP contribution in [0.5, 0.6) is 5.75 Å². The first-order chi connectivity index (χ1) is 8.84. The standard InChI is InChI=1S/C15H13N2O/c1-11-6-5-9-13-15(11)14(17-16-13)10-18-12-7-3-2-4-8-12/h2-9H,1,10H2,(H,16,17). The fraction of sp³-hybridized carbons (Fsp3) is 0.0667. The largest absolute Gasteiger partial charge is 0.487 e. The Labute approximate surface area is 105 Å². The molecule has 1 aromatic heterocycles. The summed E-state index contributed by atoms with van der Waals surface area (Å²) in [6.07, 6.45) is 0. The number of benzene rings is 2. The van der Waals surface area contributed by atoms with Crippen LogP contribution in [0.4, 0.5) is 0 Å². The lowest BCUT2D eigenvalue weighted by Gasteiger charge is -2.04. The van der Waals surface area contributed by atoms with Gasteiger partial charge in [0.1, 0.15) is 18.1 Å².